The highest BCUT2D eigenvalue weighted by Gasteiger charge is 2.58. The first-order chi connectivity index (χ1) is 15.6. The number of benzene rings is 1. The van der Waals surface area contributed by atoms with Crippen molar-refractivity contribution in [3.8, 4) is 0 Å². The molecule has 0 saturated carbocycles. The Morgan fingerprint density at radius 2 is 2.09 bits per heavy atom. The maximum absolute atomic E-state index is 13.6. The monoisotopic (exact) mass is 473 g/mol. The summed E-state index contributed by atoms with van der Waals surface area (Å²) in [6.07, 6.45) is 1.87. The third kappa shape index (κ3) is 3.33. The van der Waals surface area contributed by atoms with Crippen molar-refractivity contribution in [3.63, 3.8) is 0 Å². The van der Waals surface area contributed by atoms with E-state index >= 15 is 0 Å². The molecule has 10 nitrogen and oxygen atoms in total. The van der Waals surface area contributed by atoms with Crippen molar-refractivity contribution >= 4 is 33.4 Å². The first kappa shape index (κ1) is 21.9. The van der Waals surface area contributed by atoms with Crippen LogP contribution in [-0.2, 0) is 19.6 Å². The summed E-state index contributed by atoms with van der Waals surface area (Å²) in [5.41, 5.74) is 5.01. The van der Waals surface area contributed by atoms with E-state index in [1.807, 2.05) is 0 Å². The number of carbonyl (C=O) groups excluding carboxylic acids is 2. The second-order valence-electron chi connectivity index (χ2n) is 9.26. The molecule has 175 valence electrons. The Bertz CT molecular complexity index is 1220. The molecule has 0 spiro atoms. The fraction of sp³-hybridized carbons (Fsp3) is 0.500. The number of amidine groups is 1. The number of hydrogen-bond donors (Lipinski definition) is 3. The predicted molar refractivity (Wildman–Crippen MR) is 118 cm³/mol. The molecule has 0 aromatic heterocycles. The molecule has 4 aliphatic rings. The Morgan fingerprint density at radius 3 is 2.79 bits per heavy atom. The van der Waals surface area contributed by atoms with Crippen molar-refractivity contribution in [1.29, 1.82) is 0 Å². The first-order valence-corrected chi connectivity index (χ1v) is 12.4. The maximum atomic E-state index is 13.6. The zero-order chi connectivity index (χ0) is 23.7. The Morgan fingerprint density at radius 1 is 1.36 bits per heavy atom. The van der Waals surface area contributed by atoms with Crippen molar-refractivity contribution in [2.75, 3.05) is 11.9 Å². The topological polar surface area (TPSA) is 151 Å². The molecule has 2 fully saturated rings. The summed E-state index contributed by atoms with van der Waals surface area (Å²) < 4.78 is 35.6. The van der Waals surface area contributed by atoms with Gasteiger partial charge in [-0.3, -0.25) is 9.59 Å². The molecular weight excluding hydrogens is 448 g/mol. The Labute approximate surface area is 191 Å². The highest BCUT2D eigenvalue weighted by atomic mass is 32.2. The minimum atomic E-state index is -4.28. The number of anilines is 1. The first-order valence-electron chi connectivity index (χ1n) is 11.0. The number of ether oxygens (including phenoxy) is 1. The standard InChI is InChI=1S/C22H25N4O6S/c1-10(2)8-9-26-18-13-7-6-12(32-13)15(18)19(27)16(22(26)29)21-24-17-11(20(23)28)4-3-5-14(17)33(30,31)25-21/h4-5,10,12-13,15,18,27H,6-9H2,1-2H3,(H2,23,28)(H,24,25). The number of sulfonamides is 1. The van der Waals surface area contributed by atoms with Gasteiger partial charge >= 0.3 is 0 Å². The van der Waals surface area contributed by atoms with E-state index in [4.69, 9.17) is 10.5 Å². The van der Waals surface area contributed by atoms with Crippen molar-refractivity contribution in [3.05, 3.63) is 35.1 Å². The van der Waals surface area contributed by atoms with Crippen molar-refractivity contribution in [1.82, 2.24) is 4.90 Å². The molecule has 0 aliphatic carbocycles. The van der Waals surface area contributed by atoms with Crippen LogP contribution in [0.2, 0.25) is 0 Å². The van der Waals surface area contributed by atoms with Gasteiger partial charge in [0.1, 0.15) is 16.2 Å². The van der Waals surface area contributed by atoms with Crippen LogP contribution in [0.4, 0.5) is 5.69 Å². The molecule has 4 unspecified atom stereocenters. The Kier molecular flexibility index (Phi) is 5.02. The largest absolute Gasteiger partial charge is 0.511 e. The number of aliphatic hydroxyl groups excluding tert-OH is 1. The number of carbonyl (C=O) groups is 2. The van der Waals surface area contributed by atoms with E-state index in [9.17, 15) is 23.1 Å². The fourth-order valence-corrected chi connectivity index (χ4v) is 6.35. The van der Waals surface area contributed by atoms with E-state index in [2.05, 4.69) is 29.6 Å². The van der Waals surface area contributed by atoms with Crippen LogP contribution in [0.15, 0.2) is 32.8 Å². The van der Waals surface area contributed by atoms with Gasteiger partial charge in [0, 0.05) is 6.54 Å². The van der Waals surface area contributed by atoms with E-state index in [-0.39, 0.29) is 51.6 Å². The van der Waals surface area contributed by atoms with Crippen molar-refractivity contribution in [2.24, 2.45) is 22.0 Å². The maximum Gasteiger partial charge on any atom is 0.286 e. The molecule has 4 heterocycles. The second-order valence-corrected chi connectivity index (χ2v) is 10.8. The number of nitrogens with one attached hydrogen (secondary N) is 1. The van der Waals surface area contributed by atoms with Crippen LogP contribution in [0.3, 0.4) is 0 Å². The number of primary amides is 1. The lowest BCUT2D eigenvalue weighted by Gasteiger charge is -2.42. The highest BCUT2D eigenvalue weighted by molar-refractivity contribution is 7.90. The number of hydrogen-bond acceptors (Lipinski definition) is 7. The lowest BCUT2D eigenvalue weighted by Crippen LogP contribution is -2.56. The van der Waals surface area contributed by atoms with E-state index in [1.165, 1.54) is 12.1 Å². The van der Waals surface area contributed by atoms with Crippen molar-refractivity contribution < 1.29 is 27.9 Å². The molecule has 2 bridgehead atoms. The molecular formula is C22H25N4O6S. The third-order valence-electron chi connectivity index (χ3n) is 6.78. The van der Waals surface area contributed by atoms with Gasteiger partial charge in [0.15, 0.2) is 5.84 Å². The van der Waals surface area contributed by atoms with Crippen molar-refractivity contribution in [2.45, 2.75) is 56.3 Å². The van der Waals surface area contributed by atoms with E-state index in [0.29, 0.717) is 12.5 Å². The van der Waals surface area contributed by atoms with Gasteiger partial charge in [-0.1, -0.05) is 13.8 Å². The van der Waals surface area contributed by atoms with Gasteiger partial charge in [0.25, 0.3) is 21.8 Å². The minimum Gasteiger partial charge on any atom is -0.511 e. The number of rotatable bonds is 5. The molecule has 11 heteroatoms. The smallest absolute Gasteiger partial charge is 0.286 e. The van der Waals surface area contributed by atoms with Gasteiger partial charge in [-0.05, 0) is 43.4 Å². The second kappa shape index (κ2) is 7.56. The van der Waals surface area contributed by atoms with Gasteiger partial charge in [-0.15, -0.1) is 4.40 Å². The van der Waals surface area contributed by atoms with Crippen LogP contribution in [0.25, 0.3) is 0 Å². The zero-order valence-corrected chi connectivity index (χ0v) is 19.1. The third-order valence-corrected chi connectivity index (χ3v) is 8.08. The minimum absolute atomic E-state index is 0.0839. The van der Waals surface area contributed by atoms with Gasteiger partial charge < -0.3 is 25.8 Å². The summed E-state index contributed by atoms with van der Waals surface area (Å²) in [6, 6.07) is 4.71. The average Bonchev–Trinajstić information content (AvgIpc) is 3.35. The molecule has 2 amide bonds. The molecule has 5 rings (SSSR count). The van der Waals surface area contributed by atoms with Gasteiger partial charge in [0.2, 0.25) is 0 Å². The highest BCUT2D eigenvalue weighted by Crippen LogP contribution is 2.48. The SMILES string of the molecule is CC(C)CCN1C(=O)C(C2=NS(=O)(=O)c3c[c]cc(C(N)=O)c3N2)=C(O)C2C3CCC(O3)C21. The van der Waals surface area contributed by atoms with Crippen LogP contribution >= 0.6 is 0 Å². The zero-order valence-electron chi connectivity index (χ0n) is 18.2. The van der Waals surface area contributed by atoms with Crippen LogP contribution in [-0.4, -0.2) is 60.9 Å². The van der Waals surface area contributed by atoms with Gasteiger partial charge in [0.05, 0.1) is 35.4 Å². The summed E-state index contributed by atoms with van der Waals surface area (Å²) in [5, 5.41) is 14.0. The predicted octanol–water partition coefficient (Wildman–Crippen LogP) is 1.34. The van der Waals surface area contributed by atoms with Crippen LogP contribution in [0.1, 0.15) is 43.5 Å². The van der Waals surface area contributed by atoms with E-state index in [0.717, 1.165) is 19.3 Å². The van der Waals surface area contributed by atoms with Gasteiger partial charge in [-0.2, -0.15) is 8.42 Å². The lowest BCUT2D eigenvalue weighted by molar-refractivity contribution is -0.132. The number of nitrogens with zero attached hydrogens (tertiary/aromatic N) is 2. The molecule has 4 aliphatic heterocycles. The summed E-state index contributed by atoms with van der Waals surface area (Å²) in [4.78, 5) is 27.0. The Balaban J connectivity index is 1.63. The Hall–Kier alpha value is -2.92. The lowest BCUT2D eigenvalue weighted by atomic mass is 9.77. The molecule has 2 saturated heterocycles. The molecule has 33 heavy (non-hydrogen) atoms. The molecule has 4 atom stereocenters. The summed E-state index contributed by atoms with van der Waals surface area (Å²) in [5.74, 6) is -2.05. The van der Waals surface area contributed by atoms with Crippen LogP contribution in [0, 0.1) is 17.9 Å². The molecule has 1 aromatic rings. The summed E-state index contributed by atoms with van der Waals surface area (Å²) in [6.45, 7) is 4.55. The van der Waals surface area contributed by atoms with Gasteiger partial charge in [-0.25, -0.2) is 0 Å². The number of fused-ring (bicyclic) bond motifs is 6. The quantitative estimate of drug-likeness (QED) is 0.584. The molecule has 1 radical (unpaired) electrons. The summed E-state index contributed by atoms with van der Waals surface area (Å²) in [7, 11) is -4.28. The molecule has 1 aromatic carbocycles. The normalized spacial score (nSPS) is 29.6. The van der Waals surface area contributed by atoms with Crippen LogP contribution in [0.5, 0.6) is 0 Å². The average molecular weight is 474 g/mol. The van der Waals surface area contributed by atoms with Crippen LogP contribution < -0.4 is 11.1 Å². The fourth-order valence-electron chi connectivity index (χ4n) is 5.24. The number of amides is 2. The molecule has 4 N–H and O–H groups in total. The van der Waals surface area contributed by atoms with E-state index < -0.39 is 27.8 Å². The number of nitrogens with two attached hydrogens (primary N) is 1. The summed E-state index contributed by atoms with van der Waals surface area (Å²) >= 11 is 0. The number of aliphatic hydroxyl groups is 1. The van der Waals surface area contributed by atoms with E-state index in [1.54, 1.807) is 4.90 Å².